The summed E-state index contributed by atoms with van der Waals surface area (Å²) < 4.78 is 6.97. The Morgan fingerprint density at radius 1 is 1.33 bits per heavy atom. The van der Waals surface area contributed by atoms with Crippen molar-refractivity contribution in [3.8, 4) is 5.69 Å². The molecule has 0 radical (unpaired) electrons. The first-order chi connectivity index (χ1) is 10.2. The molecule has 5 nitrogen and oxygen atoms in total. The summed E-state index contributed by atoms with van der Waals surface area (Å²) in [5.41, 5.74) is 7.56. The van der Waals surface area contributed by atoms with Gasteiger partial charge in [-0.1, -0.05) is 18.9 Å². The summed E-state index contributed by atoms with van der Waals surface area (Å²) in [5, 5.41) is 4.25. The zero-order valence-corrected chi connectivity index (χ0v) is 11.9. The van der Waals surface area contributed by atoms with Gasteiger partial charge in [0.25, 0.3) is 0 Å². The fourth-order valence-corrected chi connectivity index (χ4v) is 2.69. The summed E-state index contributed by atoms with van der Waals surface area (Å²) in [4.78, 5) is 12.0. The van der Waals surface area contributed by atoms with Crippen LogP contribution in [0.3, 0.4) is 0 Å². The van der Waals surface area contributed by atoms with E-state index in [4.69, 9.17) is 10.5 Å². The Labute approximate surface area is 123 Å². The Kier molecular flexibility index (Phi) is 3.90. The molecule has 2 N–H and O–H groups in total. The molecule has 5 heteroatoms. The Morgan fingerprint density at radius 3 is 2.90 bits per heavy atom. The molecule has 21 heavy (non-hydrogen) atoms. The van der Waals surface area contributed by atoms with Gasteiger partial charge < -0.3 is 10.5 Å². The van der Waals surface area contributed by atoms with Crippen LogP contribution in [-0.2, 0) is 4.74 Å². The first kappa shape index (κ1) is 13.7. The molecule has 0 bridgehead atoms. The lowest BCUT2D eigenvalue weighted by molar-refractivity contribution is 0.0435. The highest BCUT2D eigenvalue weighted by molar-refractivity contribution is 5.87. The summed E-state index contributed by atoms with van der Waals surface area (Å²) in [6.45, 7) is 0.504. The Hall–Kier alpha value is -2.30. The van der Waals surface area contributed by atoms with Gasteiger partial charge in [0, 0.05) is 11.9 Å². The van der Waals surface area contributed by atoms with E-state index in [-0.39, 0.29) is 5.97 Å². The van der Waals surface area contributed by atoms with Gasteiger partial charge in [-0.05, 0) is 43.0 Å². The fourth-order valence-electron chi connectivity index (χ4n) is 2.69. The Balaban J connectivity index is 1.65. The van der Waals surface area contributed by atoms with E-state index in [1.165, 1.54) is 12.8 Å². The number of nitrogens with two attached hydrogens (primary N) is 1. The van der Waals surface area contributed by atoms with Crippen LogP contribution in [0.4, 0.5) is 5.69 Å². The van der Waals surface area contributed by atoms with Crippen LogP contribution in [0.15, 0.2) is 36.5 Å². The molecule has 1 aromatic heterocycles. The van der Waals surface area contributed by atoms with E-state index in [9.17, 15) is 4.79 Å². The summed E-state index contributed by atoms with van der Waals surface area (Å²) >= 11 is 0. The van der Waals surface area contributed by atoms with Gasteiger partial charge in [-0.15, -0.1) is 0 Å². The third-order valence-corrected chi connectivity index (χ3v) is 3.86. The zero-order chi connectivity index (χ0) is 14.7. The van der Waals surface area contributed by atoms with Gasteiger partial charge in [0.15, 0.2) is 5.69 Å². The SMILES string of the molecule is Nc1cccc(-n2ccc(C(=O)OCC3CCCC3)n2)c1. The number of esters is 1. The van der Waals surface area contributed by atoms with E-state index in [1.54, 1.807) is 23.0 Å². The van der Waals surface area contributed by atoms with Crippen LogP contribution in [-0.4, -0.2) is 22.4 Å². The molecule has 0 amide bonds. The molecular weight excluding hydrogens is 266 g/mol. The number of hydrogen-bond donors (Lipinski definition) is 1. The summed E-state index contributed by atoms with van der Waals surface area (Å²) in [6.07, 6.45) is 6.54. The molecule has 1 saturated carbocycles. The smallest absolute Gasteiger partial charge is 0.358 e. The number of rotatable bonds is 4. The number of benzene rings is 1. The van der Waals surface area contributed by atoms with Gasteiger partial charge >= 0.3 is 5.97 Å². The summed E-state index contributed by atoms with van der Waals surface area (Å²) in [7, 11) is 0. The van der Waals surface area contributed by atoms with E-state index in [2.05, 4.69) is 5.10 Å². The van der Waals surface area contributed by atoms with Crippen LogP contribution in [0.2, 0.25) is 0 Å². The lowest BCUT2D eigenvalue weighted by atomic mass is 10.1. The van der Waals surface area contributed by atoms with Crippen LogP contribution in [0.5, 0.6) is 0 Å². The van der Waals surface area contributed by atoms with Crippen molar-refractivity contribution in [1.29, 1.82) is 0 Å². The molecule has 0 saturated heterocycles. The highest BCUT2D eigenvalue weighted by Crippen LogP contribution is 2.25. The number of carbonyl (C=O) groups excluding carboxylic acids is 1. The maximum atomic E-state index is 12.0. The molecule has 1 aliphatic carbocycles. The van der Waals surface area contributed by atoms with Gasteiger partial charge in [0.1, 0.15) is 0 Å². The highest BCUT2D eigenvalue weighted by atomic mass is 16.5. The monoisotopic (exact) mass is 285 g/mol. The molecular formula is C16H19N3O2. The van der Waals surface area contributed by atoms with Gasteiger partial charge in [0.2, 0.25) is 0 Å². The second-order valence-electron chi connectivity index (χ2n) is 5.49. The summed E-state index contributed by atoms with van der Waals surface area (Å²) in [5.74, 6) is 0.162. The minimum absolute atomic E-state index is 0.329. The molecule has 110 valence electrons. The van der Waals surface area contributed by atoms with Crippen molar-refractivity contribution in [3.05, 3.63) is 42.2 Å². The molecule has 0 unspecified atom stereocenters. The zero-order valence-electron chi connectivity index (χ0n) is 11.9. The molecule has 0 spiro atoms. The van der Waals surface area contributed by atoms with E-state index in [0.717, 1.165) is 18.5 Å². The Morgan fingerprint density at radius 2 is 2.14 bits per heavy atom. The van der Waals surface area contributed by atoms with Crippen molar-refractivity contribution in [3.63, 3.8) is 0 Å². The van der Waals surface area contributed by atoms with Crippen molar-refractivity contribution in [2.75, 3.05) is 12.3 Å². The van der Waals surface area contributed by atoms with Gasteiger partial charge in [-0.25, -0.2) is 9.48 Å². The van der Waals surface area contributed by atoms with Crippen molar-refractivity contribution in [2.45, 2.75) is 25.7 Å². The van der Waals surface area contributed by atoms with Crippen LogP contribution in [0.1, 0.15) is 36.2 Å². The number of carbonyl (C=O) groups is 1. The summed E-state index contributed by atoms with van der Waals surface area (Å²) in [6, 6.07) is 9.02. The first-order valence-corrected chi connectivity index (χ1v) is 7.31. The van der Waals surface area contributed by atoms with Crippen LogP contribution < -0.4 is 5.73 Å². The molecule has 1 fully saturated rings. The van der Waals surface area contributed by atoms with Crippen molar-refractivity contribution in [1.82, 2.24) is 9.78 Å². The Bertz CT molecular complexity index is 630. The van der Waals surface area contributed by atoms with Crippen LogP contribution in [0, 0.1) is 5.92 Å². The van der Waals surface area contributed by atoms with Crippen LogP contribution >= 0.6 is 0 Å². The number of nitrogens with zero attached hydrogens (tertiary/aromatic N) is 2. The maximum absolute atomic E-state index is 12.0. The quantitative estimate of drug-likeness (QED) is 0.692. The van der Waals surface area contributed by atoms with Crippen molar-refractivity contribution < 1.29 is 9.53 Å². The fraction of sp³-hybridized carbons (Fsp3) is 0.375. The average Bonchev–Trinajstić information content (AvgIpc) is 3.16. The third kappa shape index (κ3) is 3.24. The minimum Gasteiger partial charge on any atom is -0.461 e. The predicted octanol–water partition coefficient (Wildman–Crippen LogP) is 2.80. The molecule has 1 aromatic carbocycles. The second kappa shape index (κ2) is 5.99. The maximum Gasteiger partial charge on any atom is 0.358 e. The molecule has 0 atom stereocenters. The molecule has 1 aliphatic rings. The number of ether oxygens (including phenoxy) is 1. The molecule has 0 aliphatic heterocycles. The number of anilines is 1. The highest BCUT2D eigenvalue weighted by Gasteiger charge is 2.18. The number of aromatic nitrogens is 2. The van der Waals surface area contributed by atoms with Gasteiger partial charge in [0.05, 0.1) is 12.3 Å². The van der Waals surface area contributed by atoms with Crippen LogP contribution in [0.25, 0.3) is 5.69 Å². The topological polar surface area (TPSA) is 70.1 Å². The van der Waals surface area contributed by atoms with E-state index in [1.807, 2.05) is 18.2 Å². The average molecular weight is 285 g/mol. The third-order valence-electron chi connectivity index (χ3n) is 3.86. The number of hydrogen-bond acceptors (Lipinski definition) is 4. The molecule has 1 heterocycles. The predicted molar refractivity (Wildman–Crippen MR) is 80.2 cm³/mol. The standard InChI is InChI=1S/C16H19N3O2/c17-13-6-3-7-14(10-13)19-9-8-15(18-19)16(20)21-11-12-4-1-2-5-12/h3,6-10,12H,1-2,4-5,11,17H2. The minimum atomic E-state index is -0.357. The lowest BCUT2D eigenvalue weighted by Gasteiger charge is -2.08. The van der Waals surface area contributed by atoms with Gasteiger partial charge in [-0.2, -0.15) is 5.10 Å². The van der Waals surface area contributed by atoms with Crippen molar-refractivity contribution in [2.24, 2.45) is 5.92 Å². The van der Waals surface area contributed by atoms with E-state index >= 15 is 0 Å². The lowest BCUT2D eigenvalue weighted by Crippen LogP contribution is -2.13. The second-order valence-corrected chi connectivity index (χ2v) is 5.49. The van der Waals surface area contributed by atoms with Gasteiger partial charge in [-0.3, -0.25) is 0 Å². The first-order valence-electron chi connectivity index (χ1n) is 7.31. The van der Waals surface area contributed by atoms with Crippen molar-refractivity contribution >= 4 is 11.7 Å². The molecule has 3 rings (SSSR count). The largest absolute Gasteiger partial charge is 0.461 e. The van der Waals surface area contributed by atoms with E-state index < -0.39 is 0 Å². The molecule has 2 aromatic rings. The normalized spacial score (nSPS) is 15.2. The number of nitrogen functional groups attached to an aromatic ring is 1. The van der Waals surface area contributed by atoms with E-state index in [0.29, 0.717) is 23.9 Å².